The zero-order valence-corrected chi connectivity index (χ0v) is 12.1. The van der Waals surface area contributed by atoms with Gasteiger partial charge in [-0.05, 0) is 11.6 Å². The quantitative estimate of drug-likeness (QED) is 0.747. The Morgan fingerprint density at radius 1 is 1.09 bits per heavy atom. The summed E-state index contributed by atoms with van der Waals surface area (Å²) in [6.45, 7) is 0. The molecule has 0 saturated carbocycles. The summed E-state index contributed by atoms with van der Waals surface area (Å²) in [5, 5.41) is 18.6. The number of amides is 1. The minimum Gasteiger partial charge on any atom is -0.493 e. The topological polar surface area (TPSA) is 66.9 Å². The summed E-state index contributed by atoms with van der Waals surface area (Å²) < 4.78 is 1.62. The predicted octanol–water partition coefficient (Wildman–Crippen LogP) is 3.74. The molecule has 0 saturated heterocycles. The zero-order chi connectivity index (χ0) is 15.5. The fourth-order valence-corrected chi connectivity index (χ4v) is 2.37. The Balaban J connectivity index is 1.87. The molecule has 1 N–H and O–H groups in total. The third kappa shape index (κ3) is 2.61. The van der Waals surface area contributed by atoms with Crippen molar-refractivity contribution in [1.82, 2.24) is 4.57 Å². The molecule has 1 amide bonds. The number of aromatic nitrogens is 1. The largest absolute Gasteiger partial charge is 0.493 e. The van der Waals surface area contributed by atoms with Crippen molar-refractivity contribution in [2.75, 3.05) is 0 Å². The lowest BCUT2D eigenvalue weighted by Gasteiger charge is -1.96. The van der Waals surface area contributed by atoms with Crippen LogP contribution in [0, 0.1) is 0 Å². The maximum absolute atomic E-state index is 11.9. The van der Waals surface area contributed by atoms with E-state index in [-0.39, 0.29) is 18.2 Å². The van der Waals surface area contributed by atoms with Gasteiger partial charge in [-0.2, -0.15) is 0 Å². The number of rotatable bonds is 3. The molecular weight excluding hydrogens is 278 g/mol. The lowest BCUT2D eigenvalue weighted by molar-refractivity contribution is -0.117. The Morgan fingerprint density at radius 3 is 2.55 bits per heavy atom. The standard InChI is InChI=1S/C17H15N3O2/c1-20-14-10-6-5-9-13(14)16(17(20)22)19-18-15(21)11-12-7-3-2-4-8-12/h2-10,22H,11H2,1H3. The Kier molecular flexibility index (Phi) is 3.70. The number of hydrogen-bond donors (Lipinski definition) is 1. The van der Waals surface area contributed by atoms with Crippen molar-refractivity contribution in [2.45, 2.75) is 6.42 Å². The number of carbonyl (C=O) groups is 1. The number of fused-ring (bicyclic) bond motifs is 1. The Hall–Kier alpha value is -2.95. The normalized spacial score (nSPS) is 11.3. The first-order valence-electron chi connectivity index (χ1n) is 6.91. The highest BCUT2D eigenvalue weighted by Crippen LogP contribution is 2.37. The first-order valence-corrected chi connectivity index (χ1v) is 6.91. The molecular formula is C17H15N3O2. The van der Waals surface area contributed by atoms with Crippen molar-refractivity contribution in [2.24, 2.45) is 17.3 Å². The van der Waals surface area contributed by atoms with Gasteiger partial charge in [-0.15, -0.1) is 10.2 Å². The molecule has 5 nitrogen and oxygen atoms in total. The van der Waals surface area contributed by atoms with Crippen LogP contribution in [-0.2, 0) is 18.3 Å². The molecule has 3 rings (SSSR count). The smallest absolute Gasteiger partial charge is 0.269 e. The highest BCUT2D eigenvalue weighted by atomic mass is 16.3. The van der Waals surface area contributed by atoms with E-state index < -0.39 is 0 Å². The summed E-state index contributed by atoms with van der Waals surface area (Å²) in [5.41, 5.74) is 2.04. The summed E-state index contributed by atoms with van der Waals surface area (Å²) in [7, 11) is 1.74. The van der Waals surface area contributed by atoms with Gasteiger partial charge in [-0.25, -0.2) is 0 Å². The average Bonchev–Trinajstić information content (AvgIpc) is 2.78. The van der Waals surface area contributed by atoms with Crippen molar-refractivity contribution >= 4 is 22.5 Å². The number of carbonyl (C=O) groups excluding carboxylic acids is 1. The van der Waals surface area contributed by atoms with Crippen molar-refractivity contribution in [1.29, 1.82) is 0 Å². The molecule has 0 atom stereocenters. The molecule has 0 radical (unpaired) electrons. The molecule has 0 spiro atoms. The fraction of sp³-hybridized carbons (Fsp3) is 0.118. The van der Waals surface area contributed by atoms with Crippen molar-refractivity contribution in [3.63, 3.8) is 0 Å². The van der Waals surface area contributed by atoms with Crippen LogP contribution in [0.5, 0.6) is 5.88 Å². The average molecular weight is 293 g/mol. The number of benzene rings is 2. The maximum Gasteiger partial charge on any atom is 0.269 e. The van der Waals surface area contributed by atoms with Gasteiger partial charge >= 0.3 is 0 Å². The molecule has 1 aromatic heterocycles. The molecule has 0 unspecified atom stereocenters. The van der Waals surface area contributed by atoms with Crippen molar-refractivity contribution in [3.8, 4) is 5.88 Å². The van der Waals surface area contributed by atoms with Gasteiger partial charge in [0, 0.05) is 12.4 Å². The molecule has 110 valence electrons. The van der Waals surface area contributed by atoms with E-state index in [2.05, 4.69) is 10.2 Å². The third-order valence-electron chi connectivity index (χ3n) is 3.51. The molecule has 3 aromatic rings. The minimum atomic E-state index is -0.349. The first-order chi connectivity index (χ1) is 10.7. The van der Waals surface area contributed by atoms with Gasteiger partial charge in [0.05, 0.1) is 11.9 Å². The van der Waals surface area contributed by atoms with Crippen LogP contribution in [0.1, 0.15) is 5.56 Å². The van der Waals surface area contributed by atoms with E-state index in [1.54, 1.807) is 11.6 Å². The number of nitrogens with zero attached hydrogens (tertiary/aromatic N) is 3. The van der Waals surface area contributed by atoms with Gasteiger partial charge in [0.1, 0.15) is 0 Å². The molecule has 0 aliphatic rings. The number of aryl methyl sites for hydroxylation is 1. The van der Waals surface area contributed by atoms with Crippen LogP contribution in [0.4, 0.5) is 5.69 Å². The maximum atomic E-state index is 11.9. The summed E-state index contributed by atoms with van der Waals surface area (Å²) in [6.07, 6.45) is 0.190. The SMILES string of the molecule is Cn1c(O)c(N=NC(=O)Cc2ccccc2)c2ccccc21. The molecule has 0 aliphatic heterocycles. The van der Waals surface area contributed by atoms with E-state index in [1.807, 2.05) is 54.6 Å². The molecule has 0 aliphatic carbocycles. The molecule has 0 bridgehead atoms. The highest BCUT2D eigenvalue weighted by molar-refractivity contribution is 5.95. The number of azo groups is 1. The Morgan fingerprint density at radius 2 is 1.77 bits per heavy atom. The van der Waals surface area contributed by atoms with Gasteiger partial charge in [0.2, 0.25) is 5.88 Å². The lowest BCUT2D eigenvalue weighted by atomic mass is 10.1. The van der Waals surface area contributed by atoms with E-state index in [9.17, 15) is 9.90 Å². The van der Waals surface area contributed by atoms with Crippen LogP contribution in [0.25, 0.3) is 10.9 Å². The van der Waals surface area contributed by atoms with Gasteiger partial charge in [0.25, 0.3) is 5.91 Å². The zero-order valence-electron chi connectivity index (χ0n) is 12.1. The second kappa shape index (κ2) is 5.81. The van der Waals surface area contributed by atoms with Crippen LogP contribution in [-0.4, -0.2) is 15.6 Å². The van der Waals surface area contributed by atoms with Crippen LogP contribution >= 0.6 is 0 Å². The molecule has 5 heteroatoms. The summed E-state index contributed by atoms with van der Waals surface area (Å²) in [5.74, 6) is -0.351. The number of hydrogen-bond acceptors (Lipinski definition) is 3. The van der Waals surface area contributed by atoms with E-state index in [0.717, 1.165) is 16.5 Å². The predicted molar refractivity (Wildman–Crippen MR) is 84.3 cm³/mol. The molecule has 0 fully saturated rings. The van der Waals surface area contributed by atoms with Gasteiger partial charge in [-0.1, -0.05) is 48.5 Å². The molecule has 2 aromatic carbocycles. The molecule has 22 heavy (non-hydrogen) atoms. The van der Waals surface area contributed by atoms with Crippen LogP contribution < -0.4 is 0 Å². The first kappa shape index (κ1) is 14.0. The van der Waals surface area contributed by atoms with Crippen molar-refractivity contribution < 1.29 is 9.90 Å². The summed E-state index contributed by atoms with van der Waals surface area (Å²) in [6, 6.07) is 16.8. The summed E-state index contributed by atoms with van der Waals surface area (Å²) in [4.78, 5) is 11.9. The van der Waals surface area contributed by atoms with Crippen LogP contribution in [0.15, 0.2) is 64.8 Å². The molecule has 1 heterocycles. The fourth-order valence-electron chi connectivity index (χ4n) is 2.37. The van der Waals surface area contributed by atoms with Gasteiger partial charge in [-0.3, -0.25) is 4.79 Å². The highest BCUT2D eigenvalue weighted by Gasteiger charge is 2.14. The minimum absolute atomic E-state index is 0.00235. The number of para-hydroxylation sites is 1. The van der Waals surface area contributed by atoms with Gasteiger partial charge in [0.15, 0.2) is 5.69 Å². The second-order valence-corrected chi connectivity index (χ2v) is 5.00. The lowest BCUT2D eigenvalue weighted by Crippen LogP contribution is -1.97. The van der Waals surface area contributed by atoms with E-state index in [1.165, 1.54) is 0 Å². The van der Waals surface area contributed by atoms with E-state index in [4.69, 9.17) is 0 Å². The Bertz CT molecular complexity index is 851. The van der Waals surface area contributed by atoms with Crippen LogP contribution in [0.2, 0.25) is 0 Å². The summed E-state index contributed by atoms with van der Waals surface area (Å²) >= 11 is 0. The van der Waals surface area contributed by atoms with E-state index >= 15 is 0 Å². The van der Waals surface area contributed by atoms with Crippen LogP contribution in [0.3, 0.4) is 0 Å². The number of aromatic hydroxyl groups is 1. The monoisotopic (exact) mass is 293 g/mol. The third-order valence-corrected chi connectivity index (χ3v) is 3.51. The Labute approximate surface area is 127 Å². The van der Waals surface area contributed by atoms with E-state index in [0.29, 0.717) is 5.69 Å². The van der Waals surface area contributed by atoms with Crippen molar-refractivity contribution in [3.05, 3.63) is 60.2 Å². The second-order valence-electron chi connectivity index (χ2n) is 5.00. The van der Waals surface area contributed by atoms with Gasteiger partial charge < -0.3 is 9.67 Å².